The number of nitrogens with zero attached hydrogens (tertiary/aromatic N) is 3. The summed E-state index contributed by atoms with van der Waals surface area (Å²) >= 11 is 3.37. The topological polar surface area (TPSA) is 88.3 Å². The number of carbonyl (C=O) groups is 2. The van der Waals surface area contributed by atoms with Gasteiger partial charge < -0.3 is 9.84 Å². The van der Waals surface area contributed by atoms with Crippen LogP contribution in [0, 0.1) is 12.7 Å². The number of aryl methyl sites for hydroxylation is 1. The highest BCUT2D eigenvalue weighted by Crippen LogP contribution is 2.31. The maximum atomic E-state index is 13.8. The minimum Gasteiger partial charge on any atom is -0.337 e. The Kier molecular flexibility index (Phi) is 4.70. The van der Waals surface area contributed by atoms with Crippen molar-refractivity contribution >= 4 is 27.9 Å². The van der Waals surface area contributed by atoms with Crippen LogP contribution in [-0.4, -0.2) is 27.0 Å². The van der Waals surface area contributed by atoms with Crippen LogP contribution in [0.25, 0.3) is 11.4 Å². The molecule has 2 aromatic carbocycles. The van der Waals surface area contributed by atoms with E-state index in [9.17, 15) is 14.0 Å². The molecule has 0 radical (unpaired) electrons. The molecule has 1 fully saturated rings. The zero-order valence-electron chi connectivity index (χ0n) is 15.6. The minimum atomic E-state index is -1.20. The first-order valence-electron chi connectivity index (χ1n) is 8.77. The zero-order valence-corrected chi connectivity index (χ0v) is 17.2. The summed E-state index contributed by atoms with van der Waals surface area (Å²) < 4.78 is 19.8. The van der Waals surface area contributed by atoms with Gasteiger partial charge in [0.05, 0.1) is 0 Å². The van der Waals surface area contributed by atoms with Crippen molar-refractivity contribution in [3.8, 4) is 11.4 Å². The fourth-order valence-corrected chi connectivity index (χ4v) is 3.54. The van der Waals surface area contributed by atoms with Crippen molar-refractivity contribution in [3.05, 3.63) is 69.8 Å². The van der Waals surface area contributed by atoms with E-state index in [2.05, 4.69) is 31.4 Å². The van der Waals surface area contributed by atoms with E-state index in [1.54, 1.807) is 44.2 Å². The number of aromatic nitrogens is 2. The third kappa shape index (κ3) is 3.42. The van der Waals surface area contributed by atoms with Crippen molar-refractivity contribution in [3.63, 3.8) is 0 Å². The Morgan fingerprint density at radius 1 is 1.24 bits per heavy atom. The molecule has 29 heavy (non-hydrogen) atoms. The van der Waals surface area contributed by atoms with Gasteiger partial charge in [-0.3, -0.25) is 9.69 Å². The van der Waals surface area contributed by atoms with Crippen molar-refractivity contribution in [1.29, 1.82) is 0 Å². The Hall–Kier alpha value is -3.07. The molecule has 148 valence electrons. The van der Waals surface area contributed by atoms with Crippen LogP contribution >= 0.6 is 15.9 Å². The van der Waals surface area contributed by atoms with E-state index < -0.39 is 17.5 Å². The first kappa shape index (κ1) is 19.3. The molecule has 9 heteroatoms. The number of halogens is 2. The van der Waals surface area contributed by atoms with Crippen LogP contribution < -0.4 is 5.32 Å². The normalized spacial score (nSPS) is 19.0. The number of urea groups is 1. The maximum Gasteiger partial charge on any atom is 0.325 e. The SMILES string of the molecule is Cc1ccc(-c2noc(CN3C(=O)NC(C)(c4cccc(Br)c4)C3=O)n2)cc1F. The molecule has 0 aliphatic carbocycles. The van der Waals surface area contributed by atoms with Crippen LogP contribution in [0.2, 0.25) is 0 Å². The molecule has 0 bridgehead atoms. The molecule has 3 amide bonds. The van der Waals surface area contributed by atoms with Crippen molar-refractivity contribution in [2.45, 2.75) is 25.9 Å². The molecule has 0 spiro atoms. The number of carbonyl (C=O) groups excluding carboxylic acids is 2. The highest BCUT2D eigenvalue weighted by atomic mass is 79.9. The number of benzene rings is 2. The van der Waals surface area contributed by atoms with E-state index in [0.29, 0.717) is 16.7 Å². The molecule has 3 aromatic rings. The summed E-state index contributed by atoms with van der Waals surface area (Å²) in [6, 6.07) is 11.2. The molecule has 7 nitrogen and oxygen atoms in total. The molecule has 4 rings (SSSR count). The summed E-state index contributed by atoms with van der Waals surface area (Å²) in [5.74, 6) is -0.557. The van der Waals surface area contributed by atoms with Gasteiger partial charge >= 0.3 is 6.03 Å². The van der Waals surface area contributed by atoms with E-state index in [0.717, 1.165) is 9.37 Å². The molecule has 1 aromatic heterocycles. The highest BCUT2D eigenvalue weighted by molar-refractivity contribution is 9.10. The van der Waals surface area contributed by atoms with Gasteiger partial charge in [-0.05, 0) is 43.2 Å². The van der Waals surface area contributed by atoms with Gasteiger partial charge in [-0.2, -0.15) is 4.98 Å². The smallest absolute Gasteiger partial charge is 0.325 e. The van der Waals surface area contributed by atoms with E-state index in [1.807, 2.05) is 6.07 Å². The Morgan fingerprint density at radius 2 is 2.03 bits per heavy atom. The lowest BCUT2D eigenvalue weighted by atomic mass is 9.92. The lowest BCUT2D eigenvalue weighted by Gasteiger charge is -2.22. The summed E-state index contributed by atoms with van der Waals surface area (Å²) in [6.07, 6.45) is 0. The average molecular weight is 459 g/mol. The lowest BCUT2D eigenvalue weighted by molar-refractivity contribution is -0.131. The van der Waals surface area contributed by atoms with Crippen LogP contribution in [0.5, 0.6) is 0 Å². The standard InChI is InChI=1S/C20H16BrFN4O3/c1-11-6-7-12(8-15(11)22)17-23-16(29-25-17)10-26-18(27)20(2,24-19(26)28)13-4-3-5-14(21)9-13/h3-9H,10H2,1-2H3,(H,24,28). The number of rotatable bonds is 4. The fraction of sp³-hybridized carbons (Fsp3) is 0.200. The van der Waals surface area contributed by atoms with Crippen LogP contribution in [0.1, 0.15) is 23.9 Å². The Morgan fingerprint density at radius 3 is 2.76 bits per heavy atom. The Bertz CT molecular complexity index is 1130. The molecular weight excluding hydrogens is 443 g/mol. The molecule has 1 N–H and O–H groups in total. The van der Waals surface area contributed by atoms with Crippen LogP contribution in [0.15, 0.2) is 51.5 Å². The van der Waals surface area contributed by atoms with Crippen LogP contribution in [0.3, 0.4) is 0 Å². The Labute approximate surface area is 174 Å². The predicted octanol–water partition coefficient (Wildman–Crippen LogP) is 3.91. The monoisotopic (exact) mass is 458 g/mol. The number of hydrogen-bond donors (Lipinski definition) is 1. The lowest BCUT2D eigenvalue weighted by Crippen LogP contribution is -2.40. The van der Waals surface area contributed by atoms with Gasteiger partial charge in [-0.25, -0.2) is 9.18 Å². The fourth-order valence-electron chi connectivity index (χ4n) is 3.14. The number of hydrogen-bond acceptors (Lipinski definition) is 5. The van der Waals surface area contributed by atoms with Gasteiger partial charge in [0.15, 0.2) is 0 Å². The highest BCUT2D eigenvalue weighted by Gasteiger charge is 2.49. The van der Waals surface area contributed by atoms with Gasteiger partial charge in [-0.15, -0.1) is 0 Å². The summed E-state index contributed by atoms with van der Waals surface area (Å²) in [4.78, 5) is 30.7. The van der Waals surface area contributed by atoms with Gasteiger partial charge in [0.2, 0.25) is 11.7 Å². The van der Waals surface area contributed by atoms with Crippen LogP contribution in [0.4, 0.5) is 9.18 Å². The summed E-state index contributed by atoms with van der Waals surface area (Å²) in [5.41, 5.74) is 0.390. The average Bonchev–Trinajstić information content (AvgIpc) is 3.23. The van der Waals surface area contributed by atoms with Crippen molar-refractivity contribution in [2.24, 2.45) is 0 Å². The van der Waals surface area contributed by atoms with Crippen molar-refractivity contribution in [2.75, 3.05) is 0 Å². The van der Waals surface area contributed by atoms with Gasteiger partial charge in [0, 0.05) is 10.0 Å². The molecule has 1 unspecified atom stereocenters. The maximum absolute atomic E-state index is 13.8. The molecule has 0 saturated carbocycles. The summed E-state index contributed by atoms with van der Waals surface area (Å²) in [7, 11) is 0. The third-order valence-corrected chi connectivity index (χ3v) is 5.36. The van der Waals surface area contributed by atoms with Gasteiger partial charge in [0.1, 0.15) is 17.9 Å². The molecule has 1 saturated heterocycles. The quantitative estimate of drug-likeness (QED) is 0.598. The second-order valence-corrected chi connectivity index (χ2v) is 7.85. The second-order valence-electron chi connectivity index (χ2n) is 6.93. The molecule has 2 heterocycles. The van der Waals surface area contributed by atoms with Crippen LogP contribution in [-0.2, 0) is 16.9 Å². The molecule has 1 aliphatic rings. The minimum absolute atomic E-state index is 0.0722. The Balaban J connectivity index is 1.57. The number of nitrogens with one attached hydrogen (secondary N) is 1. The molecule has 1 aliphatic heterocycles. The van der Waals surface area contributed by atoms with Crippen molar-refractivity contribution < 1.29 is 18.5 Å². The van der Waals surface area contributed by atoms with E-state index in [1.165, 1.54) is 6.07 Å². The van der Waals surface area contributed by atoms with Gasteiger partial charge in [0.25, 0.3) is 5.91 Å². The zero-order chi connectivity index (χ0) is 20.8. The van der Waals surface area contributed by atoms with Gasteiger partial charge in [-0.1, -0.05) is 45.4 Å². The second kappa shape index (κ2) is 7.07. The number of amides is 3. The van der Waals surface area contributed by atoms with E-state index >= 15 is 0 Å². The molecule has 1 atom stereocenters. The molecular formula is C20H16BrFN4O3. The largest absolute Gasteiger partial charge is 0.337 e. The number of imide groups is 1. The van der Waals surface area contributed by atoms with E-state index in [-0.39, 0.29) is 24.1 Å². The summed E-state index contributed by atoms with van der Waals surface area (Å²) in [6.45, 7) is 3.11. The summed E-state index contributed by atoms with van der Waals surface area (Å²) in [5, 5.41) is 6.55. The van der Waals surface area contributed by atoms with E-state index in [4.69, 9.17) is 4.52 Å². The first-order chi connectivity index (χ1) is 13.8. The first-order valence-corrected chi connectivity index (χ1v) is 9.56. The van der Waals surface area contributed by atoms with Crippen molar-refractivity contribution in [1.82, 2.24) is 20.4 Å². The third-order valence-electron chi connectivity index (χ3n) is 4.87. The predicted molar refractivity (Wildman–Crippen MR) is 105 cm³/mol.